The summed E-state index contributed by atoms with van der Waals surface area (Å²) < 4.78 is 14.7. The topological polar surface area (TPSA) is 90.0 Å². The second-order valence-corrected chi connectivity index (χ2v) is 7.47. The van der Waals surface area contributed by atoms with Crippen LogP contribution in [0, 0.1) is 11.7 Å². The molecule has 2 N–H and O–H groups in total. The van der Waals surface area contributed by atoms with E-state index in [0.717, 1.165) is 12.8 Å². The minimum atomic E-state index is -0.700. The summed E-state index contributed by atoms with van der Waals surface area (Å²) in [6, 6.07) is 2.26. The molecule has 144 valence electrons. The molecule has 8 heteroatoms. The highest BCUT2D eigenvalue weighted by Gasteiger charge is 2.39. The smallest absolute Gasteiger partial charge is 0.255 e. The van der Waals surface area contributed by atoms with Gasteiger partial charge in [-0.1, -0.05) is 0 Å². The minimum absolute atomic E-state index is 0.149. The van der Waals surface area contributed by atoms with Crippen molar-refractivity contribution >= 4 is 23.4 Å². The van der Waals surface area contributed by atoms with Gasteiger partial charge in [0.15, 0.2) is 0 Å². The Kier molecular flexibility index (Phi) is 4.59. The first-order valence-electron chi connectivity index (χ1n) is 9.31. The minimum Gasteiger partial charge on any atom is -0.396 e. The maximum atomic E-state index is 14.7. The number of nitrogens with zero attached hydrogens (tertiary/aromatic N) is 2. The van der Waals surface area contributed by atoms with Crippen LogP contribution in [-0.4, -0.2) is 53.5 Å². The number of hydrogen-bond donors (Lipinski definition) is 2. The number of halogens is 1. The summed E-state index contributed by atoms with van der Waals surface area (Å²) in [7, 11) is 0. The van der Waals surface area contributed by atoms with E-state index in [2.05, 4.69) is 5.32 Å². The first kappa shape index (κ1) is 17.9. The van der Waals surface area contributed by atoms with Gasteiger partial charge in [0.2, 0.25) is 11.8 Å². The molecule has 2 fully saturated rings. The van der Waals surface area contributed by atoms with E-state index in [9.17, 15) is 23.9 Å². The van der Waals surface area contributed by atoms with Gasteiger partial charge in [0, 0.05) is 38.2 Å². The zero-order valence-corrected chi connectivity index (χ0v) is 14.9. The molecule has 3 aliphatic heterocycles. The van der Waals surface area contributed by atoms with Gasteiger partial charge in [0.1, 0.15) is 11.9 Å². The summed E-state index contributed by atoms with van der Waals surface area (Å²) >= 11 is 0. The van der Waals surface area contributed by atoms with Gasteiger partial charge in [-0.3, -0.25) is 19.7 Å². The molecule has 3 amide bonds. The lowest BCUT2D eigenvalue weighted by molar-refractivity contribution is -0.136. The van der Waals surface area contributed by atoms with Crippen molar-refractivity contribution < 1.29 is 23.9 Å². The van der Waals surface area contributed by atoms with E-state index in [4.69, 9.17) is 0 Å². The molecular weight excluding hydrogens is 353 g/mol. The molecule has 0 saturated carbocycles. The van der Waals surface area contributed by atoms with Gasteiger partial charge in [0.05, 0.1) is 5.69 Å². The van der Waals surface area contributed by atoms with Crippen molar-refractivity contribution in [2.75, 3.05) is 24.6 Å². The van der Waals surface area contributed by atoms with Crippen molar-refractivity contribution in [3.63, 3.8) is 0 Å². The molecule has 0 aliphatic carbocycles. The highest BCUT2D eigenvalue weighted by Crippen LogP contribution is 2.34. The summed E-state index contributed by atoms with van der Waals surface area (Å²) in [4.78, 5) is 39.5. The number of amides is 3. The summed E-state index contributed by atoms with van der Waals surface area (Å²) in [6.45, 7) is 1.70. The number of imide groups is 1. The third kappa shape index (κ3) is 3.18. The first-order valence-corrected chi connectivity index (χ1v) is 9.31. The second-order valence-electron chi connectivity index (χ2n) is 7.47. The summed E-state index contributed by atoms with van der Waals surface area (Å²) in [5.74, 6) is -1.37. The summed E-state index contributed by atoms with van der Waals surface area (Å²) in [5, 5.41) is 11.5. The first-order chi connectivity index (χ1) is 13.0. The van der Waals surface area contributed by atoms with Crippen LogP contribution in [0.25, 0.3) is 0 Å². The molecule has 27 heavy (non-hydrogen) atoms. The predicted octanol–water partition coefficient (Wildman–Crippen LogP) is 0.795. The standard InChI is InChI=1S/C19H22FN3O4/c20-14-8-13-12(7-16(14)22-5-3-11(10-24)4-6-22)9-23(19(13)27)15-1-2-17(25)21-18(15)26/h7-8,11,15,24H,1-6,9-10H2,(H,21,25,26). The number of carbonyl (C=O) groups is 3. The Hall–Kier alpha value is -2.48. The molecule has 0 bridgehead atoms. The van der Waals surface area contributed by atoms with Crippen LogP contribution < -0.4 is 10.2 Å². The van der Waals surface area contributed by atoms with E-state index in [0.29, 0.717) is 24.3 Å². The number of rotatable bonds is 3. The predicted molar refractivity (Wildman–Crippen MR) is 94.5 cm³/mol. The molecule has 0 radical (unpaired) electrons. The van der Waals surface area contributed by atoms with Gasteiger partial charge in [-0.05, 0) is 42.9 Å². The van der Waals surface area contributed by atoms with E-state index < -0.39 is 17.8 Å². The van der Waals surface area contributed by atoms with Crippen LogP contribution in [0.1, 0.15) is 41.6 Å². The van der Waals surface area contributed by atoms with Crippen molar-refractivity contribution in [3.05, 3.63) is 29.1 Å². The normalized spacial score (nSPS) is 23.6. The molecule has 3 heterocycles. The Morgan fingerprint density at radius 1 is 1.15 bits per heavy atom. The van der Waals surface area contributed by atoms with Crippen molar-refractivity contribution in [2.45, 2.75) is 38.3 Å². The number of piperidine rings is 2. The fraction of sp³-hybridized carbons (Fsp3) is 0.526. The molecular formula is C19H22FN3O4. The Morgan fingerprint density at radius 3 is 2.56 bits per heavy atom. The molecule has 3 aliphatic rings. The van der Waals surface area contributed by atoms with Crippen molar-refractivity contribution in [2.24, 2.45) is 5.92 Å². The Morgan fingerprint density at radius 2 is 1.89 bits per heavy atom. The average Bonchev–Trinajstić information content (AvgIpc) is 2.97. The monoisotopic (exact) mass is 375 g/mol. The fourth-order valence-electron chi connectivity index (χ4n) is 4.18. The molecule has 2 saturated heterocycles. The molecule has 1 unspecified atom stereocenters. The Balaban J connectivity index is 1.55. The molecule has 7 nitrogen and oxygen atoms in total. The molecule has 0 aromatic heterocycles. The summed E-state index contributed by atoms with van der Waals surface area (Å²) in [6.07, 6.45) is 2.08. The number of aliphatic hydroxyl groups excluding tert-OH is 1. The van der Waals surface area contributed by atoms with Crippen LogP contribution in [0.3, 0.4) is 0 Å². The van der Waals surface area contributed by atoms with E-state index in [1.807, 2.05) is 4.90 Å². The zero-order chi connectivity index (χ0) is 19.1. The van der Waals surface area contributed by atoms with E-state index >= 15 is 0 Å². The average molecular weight is 375 g/mol. The number of benzene rings is 1. The van der Waals surface area contributed by atoms with Crippen LogP contribution >= 0.6 is 0 Å². The van der Waals surface area contributed by atoms with E-state index in [-0.39, 0.29) is 49.3 Å². The number of fused-ring (bicyclic) bond motifs is 1. The third-order valence-corrected chi connectivity index (χ3v) is 5.80. The number of anilines is 1. The third-order valence-electron chi connectivity index (χ3n) is 5.80. The lowest BCUT2D eigenvalue weighted by Gasteiger charge is -2.33. The number of carbonyl (C=O) groups excluding carboxylic acids is 3. The number of hydrogen-bond acceptors (Lipinski definition) is 5. The molecule has 4 rings (SSSR count). The highest BCUT2D eigenvalue weighted by atomic mass is 19.1. The van der Waals surface area contributed by atoms with Gasteiger partial charge in [-0.2, -0.15) is 0 Å². The number of aliphatic hydroxyl groups is 1. The van der Waals surface area contributed by atoms with Crippen molar-refractivity contribution in [1.82, 2.24) is 10.2 Å². The van der Waals surface area contributed by atoms with Crippen LogP contribution in [0.4, 0.5) is 10.1 Å². The van der Waals surface area contributed by atoms with Gasteiger partial charge in [0.25, 0.3) is 5.91 Å². The quantitative estimate of drug-likeness (QED) is 0.763. The summed E-state index contributed by atoms with van der Waals surface area (Å²) in [5.41, 5.74) is 1.44. The van der Waals surface area contributed by atoms with Crippen LogP contribution in [-0.2, 0) is 16.1 Å². The molecule has 1 aromatic rings. The van der Waals surface area contributed by atoms with E-state index in [1.54, 1.807) is 6.07 Å². The SMILES string of the molecule is O=C1CCC(N2Cc3cc(N4CCC(CO)CC4)c(F)cc3C2=O)C(=O)N1. The molecule has 0 spiro atoms. The van der Waals surface area contributed by atoms with E-state index in [1.165, 1.54) is 11.0 Å². The van der Waals surface area contributed by atoms with Gasteiger partial charge >= 0.3 is 0 Å². The Bertz CT molecular complexity index is 804. The van der Waals surface area contributed by atoms with Crippen molar-refractivity contribution in [3.8, 4) is 0 Å². The fourth-order valence-corrected chi connectivity index (χ4v) is 4.18. The molecule has 1 atom stereocenters. The highest BCUT2D eigenvalue weighted by molar-refractivity contribution is 6.05. The van der Waals surface area contributed by atoms with Crippen LogP contribution in [0.5, 0.6) is 0 Å². The Labute approximate surface area is 156 Å². The van der Waals surface area contributed by atoms with Gasteiger partial charge in [-0.25, -0.2) is 4.39 Å². The zero-order valence-electron chi connectivity index (χ0n) is 14.9. The maximum absolute atomic E-state index is 14.7. The van der Waals surface area contributed by atoms with Crippen molar-refractivity contribution in [1.29, 1.82) is 0 Å². The lowest BCUT2D eigenvalue weighted by Crippen LogP contribution is -2.52. The van der Waals surface area contributed by atoms with Crippen LogP contribution in [0.15, 0.2) is 12.1 Å². The molecule has 1 aromatic carbocycles. The number of nitrogens with one attached hydrogen (secondary N) is 1. The van der Waals surface area contributed by atoms with Gasteiger partial charge < -0.3 is 14.9 Å². The maximum Gasteiger partial charge on any atom is 0.255 e. The second kappa shape index (κ2) is 6.92. The lowest BCUT2D eigenvalue weighted by atomic mass is 9.97. The van der Waals surface area contributed by atoms with Gasteiger partial charge in [-0.15, -0.1) is 0 Å². The van der Waals surface area contributed by atoms with Crippen LogP contribution in [0.2, 0.25) is 0 Å². The largest absolute Gasteiger partial charge is 0.396 e.